The number of hydrogen-bond acceptors (Lipinski definition) is 6. The van der Waals surface area contributed by atoms with Crippen molar-refractivity contribution in [2.45, 2.75) is 6.42 Å². The zero-order valence-electron chi connectivity index (χ0n) is 18.3. The number of fused-ring (bicyclic) bond motifs is 1. The standard InChI is InChI=1S/C26H27NO6/c1-2-25(28)32-17-16-30-15-13-27-26(29)33-24-11-9-21-18-23(10-8-22(21)19-24)31-14-12-20-6-4-3-5-7-20/h2-11,18-19H,1,12-17H2,(H,27,29). The van der Waals surface area contributed by atoms with Gasteiger partial charge in [-0.1, -0.05) is 49.0 Å². The maximum Gasteiger partial charge on any atom is 0.412 e. The van der Waals surface area contributed by atoms with Crippen molar-refractivity contribution >= 4 is 22.8 Å². The Morgan fingerprint density at radius 3 is 2.33 bits per heavy atom. The Hall–Kier alpha value is -3.84. The van der Waals surface area contributed by atoms with Crippen LogP contribution in [0.3, 0.4) is 0 Å². The molecule has 3 aromatic rings. The lowest BCUT2D eigenvalue weighted by Gasteiger charge is -2.10. The van der Waals surface area contributed by atoms with Gasteiger partial charge in [0.25, 0.3) is 0 Å². The van der Waals surface area contributed by atoms with Gasteiger partial charge in [-0.3, -0.25) is 0 Å². The number of carbonyl (C=O) groups excluding carboxylic acids is 2. The van der Waals surface area contributed by atoms with Crippen molar-refractivity contribution in [1.29, 1.82) is 0 Å². The molecule has 172 valence electrons. The molecule has 1 N–H and O–H groups in total. The third-order valence-corrected chi connectivity index (χ3v) is 4.65. The van der Waals surface area contributed by atoms with Crippen LogP contribution in [0.2, 0.25) is 0 Å². The molecule has 3 rings (SSSR count). The van der Waals surface area contributed by atoms with E-state index >= 15 is 0 Å². The lowest BCUT2D eigenvalue weighted by molar-refractivity contribution is -0.139. The second-order valence-corrected chi connectivity index (χ2v) is 7.06. The fourth-order valence-electron chi connectivity index (χ4n) is 3.02. The number of esters is 1. The van der Waals surface area contributed by atoms with Crippen molar-refractivity contribution in [1.82, 2.24) is 5.32 Å². The van der Waals surface area contributed by atoms with Crippen LogP contribution in [0.4, 0.5) is 4.79 Å². The maximum absolute atomic E-state index is 12.0. The number of carbonyl (C=O) groups is 2. The van der Waals surface area contributed by atoms with Gasteiger partial charge in [-0.2, -0.15) is 0 Å². The first kappa shape index (κ1) is 23.8. The van der Waals surface area contributed by atoms with Crippen LogP contribution in [0.15, 0.2) is 79.4 Å². The highest BCUT2D eigenvalue weighted by atomic mass is 16.6. The highest BCUT2D eigenvalue weighted by Crippen LogP contribution is 2.25. The molecule has 0 aliphatic rings. The summed E-state index contributed by atoms with van der Waals surface area (Å²) in [7, 11) is 0. The van der Waals surface area contributed by atoms with E-state index in [4.69, 9.17) is 18.9 Å². The van der Waals surface area contributed by atoms with Crippen molar-refractivity contribution < 1.29 is 28.5 Å². The van der Waals surface area contributed by atoms with Gasteiger partial charge < -0.3 is 24.3 Å². The summed E-state index contributed by atoms with van der Waals surface area (Å²) >= 11 is 0. The minimum absolute atomic E-state index is 0.131. The highest BCUT2D eigenvalue weighted by molar-refractivity contribution is 5.86. The van der Waals surface area contributed by atoms with Gasteiger partial charge in [-0.15, -0.1) is 0 Å². The summed E-state index contributed by atoms with van der Waals surface area (Å²) in [4.78, 5) is 22.8. The molecule has 0 unspecified atom stereocenters. The van der Waals surface area contributed by atoms with E-state index in [2.05, 4.69) is 24.0 Å². The summed E-state index contributed by atoms with van der Waals surface area (Å²) in [5.74, 6) is 0.738. The van der Waals surface area contributed by atoms with E-state index < -0.39 is 12.1 Å². The molecule has 0 saturated carbocycles. The first-order valence-electron chi connectivity index (χ1n) is 10.7. The molecular weight excluding hydrogens is 422 g/mol. The van der Waals surface area contributed by atoms with E-state index in [0.717, 1.165) is 29.0 Å². The molecule has 0 heterocycles. The Balaban J connectivity index is 1.39. The first-order valence-corrected chi connectivity index (χ1v) is 10.7. The largest absolute Gasteiger partial charge is 0.493 e. The molecule has 3 aromatic carbocycles. The normalized spacial score (nSPS) is 10.4. The molecule has 0 fully saturated rings. The van der Waals surface area contributed by atoms with Crippen molar-refractivity contribution in [2.24, 2.45) is 0 Å². The molecule has 0 aliphatic carbocycles. The van der Waals surface area contributed by atoms with Gasteiger partial charge in [0.2, 0.25) is 0 Å². The summed E-state index contributed by atoms with van der Waals surface area (Å²) in [6, 6.07) is 21.4. The van der Waals surface area contributed by atoms with E-state index in [1.165, 1.54) is 5.56 Å². The summed E-state index contributed by atoms with van der Waals surface area (Å²) in [5.41, 5.74) is 1.24. The molecule has 0 aromatic heterocycles. The van der Waals surface area contributed by atoms with Crippen LogP contribution < -0.4 is 14.8 Å². The van der Waals surface area contributed by atoms with Crippen LogP contribution >= 0.6 is 0 Å². The number of rotatable bonds is 12. The van der Waals surface area contributed by atoms with E-state index in [1.807, 2.05) is 42.5 Å². The van der Waals surface area contributed by atoms with Crippen LogP contribution in [0.25, 0.3) is 10.8 Å². The van der Waals surface area contributed by atoms with Gasteiger partial charge >= 0.3 is 12.1 Å². The molecule has 0 atom stereocenters. The van der Waals surface area contributed by atoms with E-state index in [1.54, 1.807) is 12.1 Å². The summed E-state index contributed by atoms with van der Waals surface area (Å²) in [6.45, 7) is 4.80. The van der Waals surface area contributed by atoms with E-state index in [0.29, 0.717) is 12.4 Å². The van der Waals surface area contributed by atoms with Crippen LogP contribution in [-0.2, 0) is 20.7 Å². The zero-order valence-corrected chi connectivity index (χ0v) is 18.3. The average Bonchev–Trinajstić information content (AvgIpc) is 2.84. The smallest absolute Gasteiger partial charge is 0.412 e. The van der Waals surface area contributed by atoms with Crippen LogP contribution in [0, 0.1) is 0 Å². The third kappa shape index (κ3) is 8.31. The molecule has 0 aliphatic heterocycles. The fourth-order valence-corrected chi connectivity index (χ4v) is 3.02. The van der Waals surface area contributed by atoms with Crippen molar-refractivity contribution in [3.8, 4) is 11.5 Å². The SMILES string of the molecule is C=CC(=O)OCCOCCNC(=O)Oc1ccc2cc(OCCc3ccccc3)ccc2c1. The quantitative estimate of drug-likeness (QED) is 0.252. The summed E-state index contributed by atoms with van der Waals surface area (Å²) in [6.07, 6.45) is 1.36. The predicted octanol–water partition coefficient (Wildman–Crippen LogP) is 4.30. The molecule has 33 heavy (non-hydrogen) atoms. The van der Waals surface area contributed by atoms with Crippen LogP contribution in [0.5, 0.6) is 11.5 Å². The lowest BCUT2D eigenvalue weighted by atomic mass is 10.1. The van der Waals surface area contributed by atoms with E-state index in [-0.39, 0.29) is 26.4 Å². The summed E-state index contributed by atoms with van der Waals surface area (Å²) in [5, 5.41) is 4.54. The maximum atomic E-state index is 12.0. The molecule has 1 amide bonds. The van der Waals surface area contributed by atoms with Gasteiger partial charge in [0.15, 0.2) is 0 Å². The topological polar surface area (TPSA) is 83.1 Å². The van der Waals surface area contributed by atoms with Gasteiger partial charge in [-0.05, 0) is 40.6 Å². The van der Waals surface area contributed by atoms with Crippen LogP contribution in [0.1, 0.15) is 5.56 Å². The Morgan fingerprint density at radius 2 is 1.58 bits per heavy atom. The second-order valence-electron chi connectivity index (χ2n) is 7.06. The fraction of sp³-hybridized carbons (Fsp3) is 0.231. The highest BCUT2D eigenvalue weighted by Gasteiger charge is 2.06. The number of benzene rings is 3. The first-order chi connectivity index (χ1) is 16.1. The number of ether oxygens (including phenoxy) is 4. The van der Waals surface area contributed by atoms with Gasteiger partial charge in [0.1, 0.15) is 18.1 Å². The Kier molecular flexibility index (Phi) is 9.29. The minimum atomic E-state index is -0.572. The number of hydrogen-bond donors (Lipinski definition) is 1. The summed E-state index contributed by atoms with van der Waals surface area (Å²) < 4.78 is 21.2. The lowest BCUT2D eigenvalue weighted by Crippen LogP contribution is -2.30. The Bertz CT molecular complexity index is 1070. The molecular formula is C26H27NO6. The average molecular weight is 450 g/mol. The molecule has 0 bridgehead atoms. The molecule has 0 saturated heterocycles. The third-order valence-electron chi connectivity index (χ3n) is 4.65. The predicted molar refractivity (Wildman–Crippen MR) is 126 cm³/mol. The van der Waals surface area contributed by atoms with Crippen molar-refractivity contribution in [2.75, 3.05) is 33.0 Å². The van der Waals surface area contributed by atoms with Gasteiger partial charge in [-0.25, -0.2) is 9.59 Å². The second kappa shape index (κ2) is 12.9. The molecule has 0 spiro atoms. The van der Waals surface area contributed by atoms with E-state index in [9.17, 15) is 9.59 Å². The Morgan fingerprint density at radius 1 is 0.848 bits per heavy atom. The number of amides is 1. The zero-order chi connectivity index (χ0) is 23.3. The molecule has 7 heteroatoms. The van der Waals surface area contributed by atoms with Crippen molar-refractivity contribution in [3.05, 3.63) is 84.9 Å². The Labute approximate surface area is 192 Å². The van der Waals surface area contributed by atoms with Gasteiger partial charge in [0.05, 0.1) is 19.8 Å². The van der Waals surface area contributed by atoms with Crippen LogP contribution in [-0.4, -0.2) is 45.0 Å². The molecule has 0 radical (unpaired) electrons. The van der Waals surface area contributed by atoms with Gasteiger partial charge in [0, 0.05) is 19.0 Å². The molecule has 7 nitrogen and oxygen atoms in total. The van der Waals surface area contributed by atoms with Crippen molar-refractivity contribution in [3.63, 3.8) is 0 Å². The monoisotopic (exact) mass is 449 g/mol. The number of nitrogens with one attached hydrogen (secondary N) is 1. The minimum Gasteiger partial charge on any atom is -0.493 e.